The lowest BCUT2D eigenvalue weighted by atomic mass is 10.2. The maximum atomic E-state index is 12.6. The number of aryl methyl sites for hydroxylation is 1. The van der Waals surface area contributed by atoms with Crippen LogP contribution in [0.2, 0.25) is 0 Å². The van der Waals surface area contributed by atoms with E-state index < -0.39 is 0 Å². The van der Waals surface area contributed by atoms with Crippen LogP contribution in [0.25, 0.3) is 0 Å². The molecule has 1 aromatic heterocycles. The molecule has 4 rings (SSSR count). The molecule has 2 aromatic carbocycles. The molecule has 2 heterocycles. The van der Waals surface area contributed by atoms with Crippen LogP contribution in [0, 0.1) is 6.92 Å². The molecule has 1 aliphatic rings. The molecule has 29 heavy (non-hydrogen) atoms. The van der Waals surface area contributed by atoms with Gasteiger partial charge in [-0.2, -0.15) is 0 Å². The number of aromatic nitrogens is 2. The third-order valence-corrected chi connectivity index (χ3v) is 5.08. The Bertz CT molecular complexity index is 954. The van der Waals surface area contributed by atoms with Crippen LogP contribution in [0.1, 0.15) is 21.9 Å². The van der Waals surface area contributed by atoms with Crippen LogP contribution >= 0.6 is 0 Å². The van der Waals surface area contributed by atoms with Crippen LogP contribution in [0.15, 0.2) is 66.7 Å². The van der Waals surface area contributed by atoms with E-state index in [9.17, 15) is 4.79 Å². The van der Waals surface area contributed by atoms with Gasteiger partial charge in [-0.3, -0.25) is 4.79 Å². The standard InChI is InChI=1S/C23H25N5O/c1-18-25-21(23(29)24-17-19-8-4-2-5-9-19)16-22(26-18)28-14-12-27(13-15-28)20-10-6-3-7-11-20/h2-11,16H,12-15,17H2,1H3,(H,24,29). The van der Waals surface area contributed by atoms with E-state index in [2.05, 4.69) is 49.4 Å². The normalized spacial score (nSPS) is 14.0. The number of hydrogen-bond donors (Lipinski definition) is 1. The summed E-state index contributed by atoms with van der Waals surface area (Å²) in [5.41, 5.74) is 2.71. The molecule has 0 saturated carbocycles. The Kier molecular flexibility index (Phi) is 5.70. The molecule has 0 bridgehead atoms. The lowest BCUT2D eigenvalue weighted by Gasteiger charge is -2.36. The fourth-order valence-electron chi connectivity index (χ4n) is 3.53. The van der Waals surface area contributed by atoms with Crippen molar-refractivity contribution in [1.82, 2.24) is 15.3 Å². The molecule has 0 unspecified atom stereocenters. The number of nitrogens with zero attached hydrogens (tertiary/aromatic N) is 4. The maximum Gasteiger partial charge on any atom is 0.270 e. The average molecular weight is 387 g/mol. The van der Waals surface area contributed by atoms with Gasteiger partial charge in [0.25, 0.3) is 5.91 Å². The average Bonchev–Trinajstić information content (AvgIpc) is 2.78. The lowest BCUT2D eigenvalue weighted by molar-refractivity contribution is 0.0945. The van der Waals surface area contributed by atoms with Gasteiger partial charge in [0.1, 0.15) is 17.3 Å². The van der Waals surface area contributed by atoms with Crippen molar-refractivity contribution in [1.29, 1.82) is 0 Å². The van der Waals surface area contributed by atoms with Crippen LogP contribution in [0.4, 0.5) is 11.5 Å². The predicted octanol–water partition coefficient (Wildman–Crippen LogP) is 3.04. The molecule has 1 saturated heterocycles. The van der Waals surface area contributed by atoms with Crippen LogP contribution in [0.5, 0.6) is 0 Å². The summed E-state index contributed by atoms with van der Waals surface area (Å²) in [4.78, 5) is 26.1. The minimum absolute atomic E-state index is 0.177. The van der Waals surface area contributed by atoms with Crippen LogP contribution in [-0.2, 0) is 6.54 Å². The number of para-hydroxylation sites is 1. The summed E-state index contributed by atoms with van der Waals surface area (Å²) in [6, 6.07) is 22.1. The summed E-state index contributed by atoms with van der Waals surface area (Å²) in [7, 11) is 0. The van der Waals surface area contributed by atoms with E-state index in [1.165, 1.54) is 5.69 Å². The van der Waals surface area contributed by atoms with E-state index in [0.29, 0.717) is 18.1 Å². The van der Waals surface area contributed by atoms with E-state index in [0.717, 1.165) is 37.6 Å². The van der Waals surface area contributed by atoms with Crippen molar-refractivity contribution < 1.29 is 4.79 Å². The minimum Gasteiger partial charge on any atom is -0.368 e. The first kappa shape index (κ1) is 18.9. The third-order valence-electron chi connectivity index (χ3n) is 5.08. The number of hydrogen-bond acceptors (Lipinski definition) is 5. The summed E-state index contributed by atoms with van der Waals surface area (Å²) >= 11 is 0. The Labute approximate surface area is 171 Å². The number of amides is 1. The van der Waals surface area contributed by atoms with Crippen molar-refractivity contribution >= 4 is 17.4 Å². The second kappa shape index (κ2) is 8.73. The Balaban J connectivity index is 1.41. The molecule has 6 nitrogen and oxygen atoms in total. The summed E-state index contributed by atoms with van der Waals surface area (Å²) in [5, 5.41) is 2.95. The van der Waals surface area contributed by atoms with E-state index in [-0.39, 0.29) is 5.91 Å². The highest BCUT2D eigenvalue weighted by atomic mass is 16.1. The van der Waals surface area contributed by atoms with Gasteiger partial charge in [-0.1, -0.05) is 48.5 Å². The monoisotopic (exact) mass is 387 g/mol. The highest BCUT2D eigenvalue weighted by molar-refractivity contribution is 5.92. The van der Waals surface area contributed by atoms with Crippen molar-refractivity contribution in [2.75, 3.05) is 36.0 Å². The molecule has 1 N–H and O–H groups in total. The first-order valence-corrected chi connectivity index (χ1v) is 9.92. The number of carbonyl (C=O) groups is 1. The topological polar surface area (TPSA) is 61.4 Å². The first-order valence-electron chi connectivity index (χ1n) is 9.92. The Hall–Kier alpha value is -3.41. The molecule has 148 valence electrons. The quantitative estimate of drug-likeness (QED) is 0.729. The second-order valence-electron chi connectivity index (χ2n) is 7.14. The van der Waals surface area contributed by atoms with E-state index >= 15 is 0 Å². The van der Waals surface area contributed by atoms with Crippen LogP contribution in [-0.4, -0.2) is 42.1 Å². The molecule has 6 heteroatoms. The summed E-state index contributed by atoms with van der Waals surface area (Å²) in [5.74, 6) is 1.25. The van der Waals surface area contributed by atoms with Crippen molar-refractivity contribution in [3.8, 4) is 0 Å². The Morgan fingerprint density at radius 1 is 0.897 bits per heavy atom. The van der Waals surface area contributed by atoms with E-state index in [4.69, 9.17) is 0 Å². The van der Waals surface area contributed by atoms with Gasteiger partial charge >= 0.3 is 0 Å². The van der Waals surface area contributed by atoms with Crippen molar-refractivity contribution in [3.63, 3.8) is 0 Å². The number of anilines is 2. The fourth-order valence-corrected chi connectivity index (χ4v) is 3.53. The molecule has 0 radical (unpaired) electrons. The lowest BCUT2D eigenvalue weighted by Crippen LogP contribution is -2.47. The van der Waals surface area contributed by atoms with Gasteiger partial charge < -0.3 is 15.1 Å². The highest BCUT2D eigenvalue weighted by Gasteiger charge is 2.20. The van der Waals surface area contributed by atoms with Gasteiger partial charge in [0.2, 0.25) is 0 Å². The molecule has 0 aliphatic carbocycles. The fraction of sp³-hybridized carbons (Fsp3) is 0.261. The number of rotatable bonds is 5. The molecule has 1 aliphatic heterocycles. The van der Waals surface area contributed by atoms with Crippen molar-refractivity contribution in [2.45, 2.75) is 13.5 Å². The molecule has 1 fully saturated rings. The number of carbonyl (C=O) groups excluding carboxylic acids is 1. The SMILES string of the molecule is Cc1nc(C(=O)NCc2ccccc2)cc(N2CCN(c3ccccc3)CC2)n1. The van der Waals surface area contributed by atoms with Gasteiger partial charge in [0.15, 0.2) is 0 Å². The molecule has 3 aromatic rings. The zero-order valence-corrected chi connectivity index (χ0v) is 16.6. The predicted molar refractivity (Wildman–Crippen MR) is 115 cm³/mol. The number of piperazine rings is 1. The first-order chi connectivity index (χ1) is 14.2. The zero-order valence-electron chi connectivity index (χ0n) is 16.6. The van der Waals surface area contributed by atoms with Gasteiger partial charge in [-0.05, 0) is 24.6 Å². The van der Waals surface area contributed by atoms with Crippen molar-refractivity contribution in [3.05, 3.63) is 83.8 Å². The molecular weight excluding hydrogens is 362 g/mol. The smallest absolute Gasteiger partial charge is 0.270 e. The van der Waals surface area contributed by atoms with Gasteiger partial charge in [0, 0.05) is 44.5 Å². The largest absolute Gasteiger partial charge is 0.368 e. The van der Waals surface area contributed by atoms with Gasteiger partial charge in [0.05, 0.1) is 0 Å². The van der Waals surface area contributed by atoms with Gasteiger partial charge in [-0.25, -0.2) is 9.97 Å². The Morgan fingerprint density at radius 3 is 2.21 bits per heavy atom. The maximum absolute atomic E-state index is 12.6. The number of nitrogens with one attached hydrogen (secondary N) is 1. The molecule has 0 atom stereocenters. The highest BCUT2D eigenvalue weighted by Crippen LogP contribution is 2.19. The third kappa shape index (κ3) is 4.71. The zero-order chi connectivity index (χ0) is 20.1. The molecule has 0 spiro atoms. The van der Waals surface area contributed by atoms with Crippen LogP contribution < -0.4 is 15.1 Å². The minimum atomic E-state index is -0.177. The molecule has 1 amide bonds. The second-order valence-corrected chi connectivity index (χ2v) is 7.14. The summed E-state index contributed by atoms with van der Waals surface area (Å²) < 4.78 is 0. The van der Waals surface area contributed by atoms with Crippen molar-refractivity contribution in [2.24, 2.45) is 0 Å². The molecular formula is C23H25N5O. The van der Waals surface area contributed by atoms with Crippen LogP contribution in [0.3, 0.4) is 0 Å². The Morgan fingerprint density at radius 2 is 1.52 bits per heavy atom. The van der Waals surface area contributed by atoms with E-state index in [1.54, 1.807) is 6.07 Å². The van der Waals surface area contributed by atoms with Gasteiger partial charge in [-0.15, -0.1) is 0 Å². The van der Waals surface area contributed by atoms with E-state index in [1.807, 2.05) is 43.3 Å². The summed E-state index contributed by atoms with van der Waals surface area (Å²) in [6.07, 6.45) is 0. The number of benzene rings is 2. The summed E-state index contributed by atoms with van der Waals surface area (Å²) in [6.45, 7) is 5.86.